The molecule has 30 heavy (non-hydrogen) atoms. The van der Waals surface area contributed by atoms with Crippen LogP contribution in [0.15, 0.2) is 24.3 Å². The number of ketones is 2. The minimum absolute atomic E-state index is 0.135. The third kappa shape index (κ3) is 6.53. The van der Waals surface area contributed by atoms with Crippen LogP contribution in [0.4, 0.5) is 0 Å². The van der Waals surface area contributed by atoms with E-state index < -0.39 is 0 Å². The van der Waals surface area contributed by atoms with Crippen molar-refractivity contribution in [2.45, 2.75) is 110 Å². The summed E-state index contributed by atoms with van der Waals surface area (Å²) in [6, 6.07) is 8.75. The van der Waals surface area contributed by atoms with Crippen LogP contribution in [0.1, 0.15) is 114 Å². The molecule has 0 N–H and O–H groups in total. The Morgan fingerprint density at radius 2 is 1.53 bits per heavy atom. The number of carbonyl (C=O) groups is 2. The lowest BCUT2D eigenvalue weighted by molar-refractivity contribution is -0.135. The van der Waals surface area contributed by atoms with Crippen molar-refractivity contribution in [1.82, 2.24) is 0 Å². The summed E-state index contributed by atoms with van der Waals surface area (Å²) in [6.45, 7) is 4.45. The van der Waals surface area contributed by atoms with Crippen LogP contribution >= 0.6 is 0 Å². The molecule has 0 spiro atoms. The first-order valence-corrected chi connectivity index (χ1v) is 12.7. The van der Waals surface area contributed by atoms with Gasteiger partial charge in [-0.15, -0.1) is 0 Å². The second kappa shape index (κ2) is 11.8. The first-order chi connectivity index (χ1) is 14.6. The largest absolute Gasteiger partial charge is 0.299 e. The second-order valence-electron chi connectivity index (χ2n) is 10.1. The molecule has 2 heteroatoms. The Kier molecular flexibility index (Phi) is 9.15. The van der Waals surface area contributed by atoms with Gasteiger partial charge in [0.05, 0.1) is 5.92 Å². The number of hydrogen-bond acceptors (Lipinski definition) is 2. The highest BCUT2D eigenvalue weighted by atomic mass is 16.1. The molecular formula is C28H42O2. The lowest BCUT2D eigenvalue weighted by Crippen LogP contribution is -2.32. The van der Waals surface area contributed by atoms with Crippen LogP contribution in [0.5, 0.6) is 0 Å². The number of hydrogen-bond donors (Lipinski definition) is 0. The van der Waals surface area contributed by atoms with E-state index in [1.165, 1.54) is 56.9 Å². The van der Waals surface area contributed by atoms with Gasteiger partial charge in [-0.25, -0.2) is 0 Å². The van der Waals surface area contributed by atoms with Gasteiger partial charge in [0.2, 0.25) is 0 Å². The predicted octanol–water partition coefficient (Wildman–Crippen LogP) is 7.44. The molecular weight excluding hydrogens is 368 g/mol. The Bertz CT molecular complexity index is 666. The van der Waals surface area contributed by atoms with Crippen LogP contribution in [-0.2, 0) is 16.0 Å². The van der Waals surface area contributed by atoms with Gasteiger partial charge in [-0.3, -0.25) is 9.59 Å². The first-order valence-electron chi connectivity index (χ1n) is 12.7. The summed E-state index contributed by atoms with van der Waals surface area (Å²) in [5.74, 6) is 2.11. The summed E-state index contributed by atoms with van der Waals surface area (Å²) < 4.78 is 0. The molecule has 2 aliphatic rings. The van der Waals surface area contributed by atoms with Crippen LogP contribution in [0.2, 0.25) is 0 Å². The molecule has 2 atom stereocenters. The molecule has 2 saturated carbocycles. The summed E-state index contributed by atoms with van der Waals surface area (Å²) in [5.41, 5.74) is 2.51. The summed E-state index contributed by atoms with van der Waals surface area (Å²) in [6.07, 6.45) is 16.0. The highest BCUT2D eigenvalue weighted by Crippen LogP contribution is 2.38. The maximum absolute atomic E-state index is 12.8. The third-order valence-corrected chi connectivity index (χ3v) is 7.72. The number of unbranched alkanes of at least 4 members (excludes halogenated alkanes) is 2. The summed E-state index contributed by atoms with van der Waals surface area (Å²) in [7, 11) is 0. The van der Waals surface area contributed by atoms with Crippen molar-refractivity contribution in [3.63, 3.8) is 0 Å². The fourth-order valence-corrected chi connectivity index (χ4v) is 5.79. The van der Waals surface area contributed by atoms with E-state index in [1.807, 2.05) is 0 Å². The fraction of sp³-hybridized carbons (Fsp3) is 0.714. The van der Waals surface area contributed by atoms with Crippen LogP contribution in [0.3, 0.4) is 0 Å². The fourth-order valence-electron chi connectivity index (χ4n) is 5.79. The van der Waals surface area contributed by atoms with Crippen LogP contribution in [0, 0.1) is 17.8 Å². The molecule has 0 radical (unpaired) electrons. The molecule has 0 aliphatic heterocycles. The molecule has 2 nitrogen and oxygen atoms in total. The zero-order chi connectivity index (χ0) is 21.3. The SMILES string of the molecule is CCCCC[C@H]1CC[C@H](c2ccc(CC(=O)C3CCC(CCC)CC3=O)cc2)CC1. The van der Waals surface area contributed by atoms with Gasteiger partial charge in [0.1, 0.15) is 11.6 Å². The lowest BCUT2D eigenvalue weighted by Gasteiger charge is -2.29. The lowest BCUT2D eigenvalue weighted by atomic mass is 9.76. The number of rotatable bonds is 10. The van der Waals surface area contributed by atoms with Crippen molar-refractivity contribution >= 4 is 11.6 Å². The van der Waals surface area contributed by atoms with E-state index in [-0.39, 0.29) is 17.5 Å². The van der Waals surface area contributed by atoms with E-state index in [0.29, 0.717) is 24.7 Å². The molecule has 0 bridgehead atoms. The second-order valence-corrected chi connectivity index (χ2v) is 10.1. The molecule has 2 fully saturated rings. The molecule has 166 valence electrons. The van der Waals surface area contributed by atoms with Gasteiger partial charge in [0.15, 0.2) is 0 Å². The van der Waals surface area contributed by atoms with E-state index in [1.54, 1.807) is 0 Å². The van der Waals surface area contributed by atoms with E-state index in [9.17, 15) is 9.59 Å². The zero-order valence-corrected chi connectivity index (χ0v) is 19.3. The maximum Gasteiger partial charge on any atom is 0.147 e. The van der Waals surface area contributed by atoms with Crippen molar-refractivity contribution in [2.24, 2.45) is 17.8 Å². The van der Waals surface area contributed by atoms with Gasteiger partial charge in [0, 0.05) is 12.8 Å². The first kappa shape index (κ1) is 23.2. The Balaban J connectivity index is 1.46. The molecule has 0 heterocycles. The van der Waals surface area contributed by atoms with Crippen molar-refractivity contribution in [3.05, 3.63) is 35.4 Å². The number of Topliss-reactive ketones (excluding diaryl/α,β-unsaturated/α-hetero) is 2. The zero-order valence-electron chi connectivity index (χ0n) is 19.3. The predicted molar refractivity (Wildman–Crippen MR) is 125 cm³/mol. The van der Waals surface area contributed by atoms with Crippen molar-refractivity contribution in [3.8, 4) is 0 Å². The number of benzene rings is 1. The van der Waals surface area contributed by atoms with Crippen molar-refractivity contribution in [2.75, 3.05) is 0 Å². The van der Waals surface area contributed by atoms with Crippen molar-refractivity contribution < 1.29 is 9.59 Å². The molecule has 3 rings (SSSR count). The summed E-state index contributed by atoms with van der Waals surface area (Å²) >= 11 is 0. The Labute approximate surface area is 184 Å². The Morgan fingerprint density at radius 1 is 0.833 bits per heavy atom. The normalized spacial score (nSPS) is 27.2. The maximum atomic E-state index is 12.8. The van der Waals surface area contributed by atoms with Gasteiger partial charge < -0.3 is 0 Å². The van der Waals surface area contributed by atoms with E-state index >= 15 is 0 Å². The van der Waals surface area contributed by atoms with E-state index in [4.69, 9.17) is 0 Å². The minimum atomic E-state index is -0.347. The van der Waals surface area contributed by atoms with Crippen molar-refractivity contribution in [1.29, 1.82) is 0 Å². The third-order valence-electron chi connectivity index (χ3n) is 7.72. The van der Waals surface area contributed by atoms with Gasteiger partial charge in [-0.05, 0) is 67.4 Å². The van der Waals surface area contributed by atoms with Gasteiger partial charge in [-0.2, -0.15) is 0 Å². The molecule has 0 aromatic heterocycles. The quantitative estimate of drug-likeness (QED) is 0.297. The monoisotopic (exact) mass is 410 g/mol. The average molecular weight is 411 g/mol. The molecule has 1 aromatic carbocycles. The standard InChI is InChI=1S/C28H42O2/c1-3-5-6-8-21-9-14-24(15-10-21)25-16-11-23(12-17-25)20-28(30)26-18-13-22(7-4-2)19-27(26)29/h11-12,16-17,21-22,24,26H,3-10,13-15,18-20H2,1-2H3/t21-,22?,24-,26?. The van der Waals surface area contributed by atoms with E-state index in [0.717, 1.165) is 37.2 Å². The topological polar surface area (TPSA) is 34.1 Å². The van der Waals surface area contributed by atoms with Gasteiger partial charge >= 0.3 is 0 Å². The van der Waals surface area contributed by atoms with Crippen LogP contribution in [-0.4, -0.2) is 11.6 Å². The highest BCUT2D eigenvalue weighted by molar-refractivity contribution is 6.03. The van der Waals surface area contributed by atoms with E-state index in [2.05, 4.69) is 38.1 Å². The number of carbonyl (C=O) groups excluding carboxylic acids is 2. The molecule has 0 saturated heterocycles. The van der Waals surface area contributed by atoms with Gasteiger partial charge in [0.25, 0.3) is 0 Å². The molecule has 2 unspecified atom stereocenters. The summed E-state index contributed by atoms with van der Waals surface area (Å²) in [5, 5.41) is 0. The average Bonchev–Trinajstić information content (AvgIpc) is 2.75. The summed E-state index contributed by atoms with van der Waals surface area (Å²) in [4.78, 5) is 25.2. The smallest absolute Gasteiger partial charge is 0.147 e. The highest BCUT2D eigenvalue weighted by Gasteiger charge is 2.32. The Morgan fingerprint density at radius 3 is 2.17 bits per heavy atom. The molecule has 1 aromatic rings. The van der Waals surface area contributed by atoms with Gasteiger partial charge in [-0.1, -0.05) is 76.6 Å². The van der Waals surface area contributed by atoms with Crippen LogP contribution < -0.4 is 0 Å². The molecule has 0 amide bonds. The minimum Gasteiger partial charge on any atom is -0.299 e. The van der Waals surface area contributed by atoms with Crippen LogP contribution in [0.25, 0.3) is 0 Å². The molecule has 2 aliphatic carbocycles. The Hall–Kier alpha value is -1.44.